The minimum absolute atomic E-state index is 0.0628. The first-order chi connectivity index (χ1) is 15.4. The topological polar surface area (TPSA) is 41.0 Å². The summed E-state index contributed by atoms with van der Waals surface area (Å²) in [7, 11) is -0.952. The Kier molecular flexibility index (Phi) is 6.03. The molecule has 32 heavy (non-hydrogen) atoms. The van der Waals surface area contributed by atoms with Gasteiger partial charge in [-0.2, -0.15) is 0 Å². The molecule has 1 aliphatic heterocycles. The molecule has 4 nitrogen and oxygen atoms in total. The van der Waals surface area contributed by atoms with Crippen molar-refractivity contribution in [2.24, 2.45) is 0 Å². The molecule has 2 aromatic heterocycles. The van der Waals surface area contributed by atoms with Crippen LogP contribution in [0.1, 0.15) is 37.7 Å². The second-order valence-electron chi connectivity index (χ2n) is 8.87. The maximum absolute atomic E-state index is 13.2. The SMILES string of the molecule is C[S@@](S)(C1CC1)N1CCC(Nc2cc(-c3cncc(C(F)F)c3)cc3ccncc23)CC1. The van der Waals surface area contributed by atoms with Gasteiger partial charge in [0.05, 0.1) is 0 Å². The molecule has 0 unspecified atom stereocenters. The predicted octanol–water partition coefficient (Wildman–Crippen LogP) is 6.47. The Labute approximate surface area is 194 Å². The van der Waals surface area contributed by atoms with Crippen LogP contribution in [-0.2, 0) is 0 Å². The van der Waals surface area contributed by atoms with Gasteiger partial charge < -0.3 is 5.32 Å². The molecule has 0 amide bonds. The lowest BCUT2D eigenvalue weighted by Gasteiger charge is -2.46. The van der Waals surface area contributed by atoms with Crippen LogP contribution in [0, 0.1) is 0 Å². The maximum atomic E-state index is 13.2. The van der Waals surface area contributed by atoms with E-state index in [-0.39, 0.29) is 5.56 Å². The fourth-order valence-electron chi connectivity index (χ4n) is 4.53. The molecule has 0 bridgehead atoms. The summed E-state index contributed by atoms with van der Waals surface area (Å²) in [4.78, 5) is 8.35. The number of hydrogen-bond acceptors (Lipinski definition) is 5. The number of benzene rings is 1. The summed E-state index contributed by atoms with van der Waals surface area (Å²) >= 11 is 5.06. The second-order valence-corrected chi connectivity index (χ2v) is 14.1. The Balaban J connectivity index is 1.40. The third kappa shape index (κ3) is 4.45. The van der Waals surface area contributed by atoms with Gasteiger partial charge in [-0.25, -0.2) is 8.78 Å². The van der Waals surface area contributed by atoms with E-state index >= 15 is 0 Å². The third-order valence-corrected chi connectivity index (χ3v) is 11.3. The van der Waals surface area contributed by atoms with Crippen molar-refractivity contribution in [3.8, 4) is 11.1 Å². The summed E-state index contributed by atoms with van der Waals surface area (Å²) < 4.78 is 29.0. The lowest BCUT2D eigenvalue weighted by molar-refractivity contribution is 0.151. The molecule has 5 rings (SSSR count). The van der Waals surface area contributed by atoms with Crippen LogP contribution in [0.25, 0.3) is 21.9 Å². The Hall–Kier alpha value is -1.90. The van der Waals surface area contributed by atoms with Gasteiger partial charge in [0.25, 0.3) is 6.43 Å². The quantitative estimate of drug-likeness (QED) is 0.317. The molecule has 2 aliphatic rings. The lowest BCUT2D eigenvalue weighted by Crippen LogP contribution is -2.40. The van der Waals surface area contributed by atoms with Crippen LogP contribution in [0.2, 0.25) is 0 Å². The Morgan fingerprint density at radius 1 is 1.03 bits per heavy atom. The molecule has 8 heteroatoms. The fraction of sp³-hybridized carbons (Fsp3) is 0.417. The molecule has 3 heterocycles. The van der Waals surface area contributed by atoms with Crippen molar-refractivity contribution in [1.29, 1.82) is 0 Å². The first-order valence-corrected chi connectivity index (χ1v) is 14.2. The van der Waals surface area contributed by atoms with Crippen molar-refractivity contribution >= 4 is 37.4 Å². The predicted molar refractivity (Wildman–Crippen MR) is 134 cm³/mol. The number of halogens is 2. The van der Waals surface area contributed by atoms with E-state index in [1.54, 1.807) is 12.4 Å². The fourth-order valence-corrected chi connectivity index (χ4v) is 8.06. The van der Waals surface area contributed by atoms with Crippen molar-refractivity contribution in [3.63, 3.8) is 0 Å². The number of fused-ring (bicyclic) bond motifs is 1. The second kappa shape index (κ2) is 8.80. The first-order valence-electron chi connectivity index (χ1n) is 11.0. The van der Waals surface area contributed by atoms with Crippen LogP contribution in [0.3, 0.4) is 0 Å². The van der Waals surface area contributed by atoms with Crippen LogP contribution in [-0.4, -0.2) is 44.9 Å². The number of alkyl halides is 2. The van der Waals surface area contributed by atoms with Crippen molar-refractivity contribution < 1.29 is 8.78 Å². The molecule has 1 atom stereocenters. The van der Waals surface area contributed by atoms with Gasteiger partial charge in [-0.3, -0.25) is 14.3 Å². The Morgan fingerprint density at radius 2 is 1.81 bits per heavy atom. The summed E-state index contributed by atoms with van der Waals surface area (Å²) in [5.41, 5.74) is 2.50. The third-order valence-electron chi connectivity index (χ3n) is 6.59. The van der Waals surface area contributed by atoms with E-state index in [4.69, 9.17) is 11.7 Å². The van der Waals surface area contributed by atoms with Gasteiger partial charge in [0, 0.05) is 71.4 Å². The summed E-state index contributed by atoms with van der Waals surface area (Å²) in [5.74, 6) is 0. The van der Waals surface area contributed by atoms with E-state index in [2.05, 4.69) is 25.8 Å². The summed E-state index contributed by atoms with van der Waals surface area (Å²) in [6.45, 7) is 2.11. The Morgan fingerprint density at radius 3 is 2.53 bits per heavy atom. The number of rotatable bonds is 6. The van der Waals surface area contributed by atoms with Gasteiger partial charge in [0.2, 0.25) is 0 Å². The number of hydrogen-bond donors (Lipinski definition) is 2. The number of nitrogens with one attached hydrogen (secondary N) is 1. The molecule has 170 valence electrons. The van der Waals surface area contributed by atoms with Gasteiger partial charge in [-0.15, -0.1) is 20.9 Å². The molecule has 1 N–H and O–H groups in total. The van der Waals surface area contributed by atoms with Crippen LogP contribution in [0.5, 0.6) is 0 Å². The van der Waals surface area contributed by atoms with Gasteiger partial charge >= 0.3 is 0 Å². The highest BCUT2D eigenvalue weighted by Gasteiger charge is 2.40. The zero-order valence-electron chi connectivity index (χ0n) is 18.0. The molecule has 0 spiro atoms. The van der Waals surface area contributed by atoms with Gasteiger partial charge in [0.1, 0.15) is 0 Å². The van der Waals surface area contributed by atoms with Crippen LogP contribution in [0.15, 0.2) is 49.1 Å². The number of piperidine rings is 1. The van der Waals surface area contributed by atoms with Crippen LogP contribution >= 0.6 is 20.9 Å². The molecule has 1 saturated carbocycles. The van der Waals surface area contributed by atoms with E-state index in [1.807, 2.05) is 24.4 Å². The van der Waals surface area contributed by atoms with Gasteiger partial charge in [-0.05, 0) is 67.2 Å². The molecule has 2 fully saturated rings. The van der Waals surface area contributed by atoms with Crippen molar-refractivity contribution in [2.75, 3.05) is 24.7 Å². The standard InChI is InChI=1S/C24H28F2N4S2/c1-32(31,21-2-3-21)30-8-5-20(6-9-30)29-23-12-17(10-16-4-7-27-15-22(16)23)18-11-19(24(25)26)14-28-13-18/h4,7,10-15,20-21,24,29,31H,2-3,5-6,8-9H2,1H3. The normalized spacial score (nSPS) is 19.9. The Bertz CT molecular complexity index is 1110. The number of pyridine rings is 2. The lowest BCUT2D eigenvalue weighted by atomic mass is 9.99. The largest absolute Gasteiger partial charge is 0.382 e. The molecule has 1 aliphatic carbocycles. The highest BCUT2D eigenvalue weighted by molar-refractivity contribution is 8.86. The average molecular weight is 475 g/mol. The van der Waals surface area contributed by atoms with Crippen molar-refractivity contribution in [1.82, 2.24) is 14.3 Å². The number of thiol groups is 1. The highest BCUT2D eigenvalue weighted by atomic mass is 33.1. The first kappa shape index (κ1) is 21.9. The summed E-state index contributed by atoms with van der Waals surface area (Å²) in [6.07, 6.45) is 11.1. The number of aromatic nitrogens is 2. The van der Waals surface area contributed by atoms with E-state index < -0.39 is 15.7 Å². The van der Waals surface area contributed by atoms with Crippen LogP contribution < -0.4 is 5.32 Å². The summed E-state index contributed by atoms with van der Waals surface area (Å²) in [6, 6.07) is 7.90. The molecule has 3 aromatic rings. The zero-order chi connectivity index (χ0) is 22.3. The monoisotopic (exact) mass is 474 g/mol. The average Bonchev–Trinajstić information content (AvgIpc) is 3.66. The van der Waals surface area contributed by atoms with E-state index in [1.165, 1.54) is 25.1 Å². The van der Waals surface area contributed by atoms with E-state index in [9.17, 15) is 8.78 Å². The van der Waals surface area contributed by atoms with E-state index in [0.717, 1.165) is 53.2 Å². The molecule has 0 radical (unpaired) electrons. The molecule has 1 saturated heterocycles. The van der Waals surface area contributed by atoms with E-state index in [0.29, 0.717) is 11.6 Å². The zero-order valence-corrected chi connectivity index (χ0v) is 19.8. The maximum Gasteiger partial charge on any atom is 0.265 e. The van der Waals surface area contributed by atoms with Crippen LogP contribution in [0.4, 0.5) is 14.5 Å². The van der Waals surface area contributed by atoms with Crippen molar-refractivity contribution in [3.05, 3.63) is 54.6 Å². The van der Waals surface area contributed by atoms with Gasteiger partial charge in [-0.1, -0.05) is 0 Å². The van der Waals surface area contributed by atoms with Gasteiger partial charge in [0.15, 0.2) is 0 Å². The highest BCUT2D eigenvalue weighted by Crippen LogP contribution is 2.65. The minimum Gasteiger partial charge on any atom is -0.382 e. The molecular weight excluding hydrogens is 446 g/mol. The van der Waals surface area contributed by atoms with Crippen molar-refractivity contribution in [2.45, 2.75) is 43.4 Å². The molecule has 1 aromatic carbocycles. The number of anilines is 1. The molecular formula is C24H28F2N4S2. The minimum atomic E-state index is -2.54. The summed E-state index contributed by atoms with van der Waals surface area (Å²) in [5, 5.41) is 6.60. The smallest absolute Gasteiger partial charge is 0.265 e. The number of nitrogens with zero attached hydrogens (tertiary/aromatic N) is 3.